The van der Waals surface area contributed by atoms with Crippen molar-refractivity contribution in [2.75, 3.05) is 39.8 Å². The molecule has 2 aromatic rings. The first kappa shape index (κ1) is 20.2. The number of benzene rings is 1. The molecule has 148 valence electrons. The Morgan fingerprint density at radius 2 is 1.89 bits per heavy atom. The Labute approximate surface area is 167 Å². The van der Waals surface area contributed by atoms with Gasteiger partial charge in [-0.05, 0) is 42.8 Å². The summed E-state index contributed by atoms with van der Waals surface area (Å²) in [6.45, 7) is 7.87. The van der Waals surface area contributed by atoms with Gasteiger partial charge in [-0.15, -0.1) is 5.10 Å². The van der Waals surface area contributed by atoms with Crippen molar-refractivity contribution < 1.29 is 17.1 Å². The summed E-state index contributed by atoms with van der Waals surface area (Å²) in [5, 5.41) is 12.7. The molecule has 2 aliphatic heterocycles. The number of nitrogens with zero attached hydrogens (tertiary/aromatic N) is 6. The number of rotatable bonds is 5. The average Bonchev–Trinajstić information content (AvgIpc) is 3.32. The quantitative estimate of drug-likeness (QED) is 0.618. The normalized spacial score (nSPS) is 22.5. The van der Waals surface area contributed by atoms with Crippen LogP contribution in [0.25, 0.3) is 0 Å². The molecule has 2 unspecified atom stereocenters. The number of hydrogen-bond acceptors (Lipinski definition) is 6. The highest BCUT2D eigenvalue weighted by atomic mass is 35.5. The maximum Gasteiger partial charge on any atom is 0.173 e. The molecular weight excluding hydrogens is 364 g/mol. The predicted molar refractivity (Wildman–Crippen MR) is 98.9 cm³/mol. The molecule has 1 aromatic heterocycles. The van der Waals surface area contributed by atoms with E-state index in [2.05, 4.69) is 63.6 Å². The smallest absolute Gasteiger partial charge is 0.173 e. The second-order valence-corrected chi connectivity index (χ2v) is 7.51. The van der Waals surface area contributed by atoms with Crippen molar-refractivity contribution in [2.45, 2.75) is 38.5 Å². The molecule has 0 N–H and O–H groups in total. The third-order valence-electron chi connectivity index (χ3n) is 5.50. The standard InChI is InChI=1S/C19H28N6O.ClH/c1-15-5-7-16(8-6-15)18(24-11-9-23(2)10-12-24)19-20-21-22-25(19)14-17-4-3-13-26-17;/h5-8,17-18H,3-4,9-14H2,1-2H3;1H/p-1. The number of tetrazole rings is 1. The van der Waals surface area contributed by atoms with Crippen molar-refractivity contribution in [3.63, 3.8) is 0 Å². The molecule has 27 heavy (non-hydrogen) atoms. The third kappa shape index (κ3) is 4.66. The van der Waals surface area contributed by atoms with Crippen molar-refractivity contribution in [1.29, 1.82) is 0 Å². The van der Waals surface area contributed by atoms with E-state index in [9.17, 15) is 0 Å². The van der Waals surface area contributed by atoms with Gasteiger partial charge in [0.25, 0.3) is 0 Å². The van der Waals surface area contributed by atoms with Gasteiger partial charge in [0.2, 0.25) is 0 Å². The number of ether oxygens (including phenoxy) is 1. The van der Waals surface area contributed by atoms with Gasteiger partial charge in [-0.1, -0.05) is 29.8 Å². The van der Waals surface area contributed by atoms with Crippen LogP contribution >= 0.6 is 0 Å². The van der Waals surface area contributed by atoms with E-state index in [4.69, 9.17) is 4.74 Å². The second kappa shape index (κ2) is 9.10. The zero-order valence-electron chi connectivity index (χ0n) is 16.1. The third-order valence-corrected chi connectivity index (χ3v) is 5.50. The van der Waals surface area contributed by atoms with Gasteiger partial charge in [-0.3, -0.25) is 4.90 Å². The molecule has 1 aromatic carbocycles. The molecular formula is C19H28ClN6O-. The maximum absolute atomic E-state index is 5.81. The van der Waals surface area contributed by atoms with E-state index in [-0.39, 0.29) is 24.6 Å². The van der Waals surface area contributed by atoms with Crippen LogP contribution in [-0.4, -0.2) is 75.9 Å². The highest BCUT2D eigenvalue weighted by molar-refractivity contribution is 5.28. The van der Waals surface area contributed by atoms with E-state index in [0.29, 0.717) is 0 Å². The summed E-state index contributed by atoms with van der Waals surface area (Å²) < 4.78 is 7.76. The van der Waals surface area contributed by atoms with Gasteiger partial charge >= 0.3 is 0 Å². The Bertz CT molecular complexity index is 707. The summed E-state index contributed by atoms with van der Waals surface area (Å²) in [7, 11) is 2.18. The van der Waals surface area contributed by atoms with Crippen molar-refractivity contribution in [2.24, 2.45) is 0 Å². The summed E-state index contributed by atoms with van der Waals surface area (Å²) in [6.07, 6.45) is 2.44. The van der Waals surface area contributed by atoms with Gasteiger partial charge in [0.05, 0.1) is 18.7 Å². The summed E-state index contributed by atoms with van der Waals surface area (Å²) in [5.74, 6) is 0.925. The van der Waals surface area contributed by atoms with Gasteiger partial charge in [0.1, 0.15) is 0 Å². The van der Waals surface area contributed by atoms with Gasteiger partial charge in [-0.2, -0.15) is 0 Å². The number of hydrogen-bond donors (Lipinski definition) is 0. The van der Waals surface area contributed by atoms with Crippen LogP contribution in [0.2, 0.25) is 0 Å². The number of aryl methyl sites for hydroxylation is 1. The topological polar surface area (TPSA) is 59.3 Å². The molecule has 2 saturated heterocycles. The fourth-order valence-electron chi connectivity index (χ4n) is 3.87. The lowest BCUT2D eigenvalue weighted by atomic mass is 10.0. The van der Waals surface area contributed by atoms with E-state index >= 15 is 0 Å². The summed E-state index contributed by atoms with van der Waals surface area (Å²) in [4.78, 5) is 4.88. The molecule has 8 heteroatoms. The van der Waals surface area contributed by atoms with Crippen molar-refractivity contribution in [1.82, 2.24) is 30.0 Å². The van der Waals surface area contributed by atoms with Gasteiger partial charge < -0.3 is 22.0 Å². The molecule has 3 heterocycles. The molecule has 0 aliphatic carbocycles. The van der Waals surface area contributed by atoms with Crippen LogP contribution in [0, 0.1) is 6.92 Å². The number of piperazine rings is 1. The summed E-state index contributed by atoms with van der Waals surface area (Å²) in [5.41, 5.74) is 2.52. The molecule has 4 rings (SSSR count). The van der Waals surface area contributed by atoms with Crippen LogP contribution in [0.1, 0.15) is 35.8 Å². The van der Waals surface area contributed by atoms with Crippen molar-refractivity contribution >= 4 is 0 Å². The lowest BCUT2D eigenvalue weighted by Crippen LogP contribution is -3.00. The highest BCUT2D eigenvalue weighted by Gasteiger charge is 2.31. The molecule has 0 saturated carbocycles. The first-order valence-corrected chi connectivity index (χ1v) is 9.57. The first-order valence-electron chi connectivity index (χ1n) is 9.57. The summed E-state index contributed by atoms with van der Waals surface area (Å²) >= 11 is 0. The minimum Gasteiger partial charge on any atom is -1.00 e. The predicted octanol–water partition coefficient (Wildman–Crippen LogP) is -1.50. The lowest BCUT2D eigenvalue weighted by Gasteiger charge is -2.37. The van der Waals surface area contributed by atoms with E-state index < -0.39 is 0 Å². The van der Waals surface area contributed by atoms with E-state index in [1.54, 1.807) is 0 Å². The van der Waals surface area contributed by atoms with Crippen LogP contribution in [0.3, 0.4) is 0 Å². The van der Waals surface area contributed by atoms with Gasteiger partial charge in [0, 0.05) is 32.8 Å². The Kier molecular flexibility index (Phi) is 6.81. The van der Waals surface area contributed by atoms with E-state index in [1.807, 2.05) is 4.68 Å². The molecule has 2 atom stereocenters. The summed E-state index contributed by atoms with van der Waals surface area (Å²) in [6, 6.07) is 8.85. The number of halogens is 1. The zero-order valence-corrected chi connectivity index (χ0v) is 16.8. The second-order valence-electron chi connectivity index (χ2n) is 7.51. The minimum atomic E-state index is 0. The van der Waals surface area contributed by atoms with E-state index in [0.717, 1.165) is 58.0 Å². The number of likely N-dealkylation sites (N-methyl/N-ethyl adjacent to an activating group) is 1. The Morgan fingerprint density at radius 1 is 1.15 bits per heavy atom. The largest absolute Gasteiger partial charge is 1.00 e. The van der Waals surface area contributed by atoms with Crippen LogP contribution in [-0.2, 0) is 11.3 Å². The average molecular weight is 392 g/mol. The fourth-order valence-corrected chi connectivity index (χ4v) is 3.87. The Hall–Kier alpha value is -1.54. The highest BCUT2D eigenvalue weighted by Crippen LogP contribution is 2.28. The monoisotopic (exact) mass is 391 g/mol. The SMILES string of the molecule is Cc1ccc(C(c2nnnn2CC2CCCO2)N2CCN(C)CC2)cc1.[Cl-]. The van der Waals surface area contributed by atoms with Gasteiger partial charge in [-0.25, -0.2) is 4.68 Å². The molecule has 0 bridgehead atoms. The Balaban J connectivity index is 0.00000210. The number of aromatic nitrogens is 4. The molecule has 0 radical (unpaired) electrons. The van der Waals surface area contributed by atoms with Crippen molar-refractivity contribution in [3.05, 3.63) is 41.2 Å². The fraction of sp³-hybridized carbons (Fsp3) is 0.632. The zero-order chi connectivity index (χ0) is 17.9. The van der Waals surface area contributed by atoms with Crippen LogP contribution < -0.4 is 12.4 Å². The van der Waals surface area contributed by atoms with Crippen LogP contribution in [0.5, 0.6) is 0 Å². The van der Waals surface area contributed by atoms with Gasteiger partial charge in [0.15, 0.2) is 5.82 Å². The van der Waals surface area contributed by atoms with Crippen LogP contribution in [0.4, 0.5) is 0 Å². The molecule has 0 spiro atoms. The molecule has 7 nitrogen and oxygen atoms in total. The Morgan fingerprint density at radius 3 is 2.56 bits per heavy atom. The maximum atomic E-state index is 5.81. The lowest BCUT2D eigenvalue weighted by molar-refractivity contribution is -0.00000727. The first-order chi connectivity index (χ1) is 12.7. The molecule has 2 aliphatic rings. The van der Waals surface area contributed by atoms with E-state index in [1.165, 1.54) is 11.1 Å². The molecule has 0 amide bonds. The van der Waals surface area contributed by atoms with Crippen molar-refractivity contribution in [3.8, 4) is 0 Å². The van der Waals surface area contributed by atoms with Crippen LogP contribution in [0.15, 0.2) is 24.3 Å². The minimum absolute atomic E-state index is 0. The molecule has 2 fully saturated rings.